The highest BCUT2D eigenvalue weighted by Crippen LogP contribution is 2.69. The number of aliphatic hydroxyl groups is 1. The molecular weight excluding hydrogens is 522 g/mol. The Balaban J connectivity index is 1.90. The summed E-state index contributed by atoms with van der Waals surface area (Å²) >= 11 is 1.67. The van der Waals surface area contributed by atoms with Crippen LogP contribution in [0.2, 0.25) is 0 Å². The van der Waals surface area contributed by atoms with E-state index < -0.39 is 28.7 Å². The second kappa shape index (κ2) is 11.7. The van der Waals surface area contributed by atoms with Gasteiger partial charge in [-0.1, -0.05) is 51.5 Å². The maximum Gasteiger partial charge on any atom is 0.251 e. The topological polar surface area (TPSA) is 81.2 Å². The molecule has 3 amide bonds. The third-order valence-corrected chi connectivity index (χ3v) is 11.6. The monoisotopic (exact) mass is 567 g/mol. The summed E-state index contributed by atoms with van der Waals surface area (Å²) < 4.78 is -0.758. The Bertz CT molecular complexity index is 1190. The number of aryl methyl sites for hydroxylation is 2. The molecule has 218 valence electrons. The van der Waals surface area contributed by atoms with Gasteiger partial charge in [-0.15, -0.1) is 24.9 Å². The van der Waals surface area contributed by atoms with Crippen molar-refractivity contribution in [1.29, 1.82) is 0 Å². The number of likely N-dealkylation sites (N-methyl/N-ethyl adjacent to an activating group) is 1. The maximum atomic E-state index is 15.0. The number of hydrogen-bond acceptors (Lipinski definition) is 5. The quantitative estimate of drug-likeness (QED) is 0.405. The van der Waals surface area contributed by atoms with Crippen LogP contribution in [0.3, 0.4) is 0 Å². The van der Waals surface area contributed by atoms with Crippen LogP contribution in [0.4, 0.5) is 5.69 Å². The maximum absolute atomic E-state index is 15.0. The van der Waals surface area contributed by atoms with Gasteiger partial charge in [0.25, 0.3) is 5.91 Å². The first-order chi connectivity index (χ1) is 19.0. The first-order valence-corrected chi connectivity index (χ1v) is 15.3. The number of benzene rings is 1. The predicted octanol–water partition coefficient (Wildman–Crippen LogP) is 4.21. The van der Waals surface area contributed by atoms with E-state index in [2.05, 4.69) is 20.1 Å². The lowest BCUT2D eigenvalue weighted by Crippen LogP contribution is -2.60. The first-order valence-electron chi connectivity index (χ1n) is 14.5. The van der Waals surface area contributed by atoms with Crippen LogP contribution < -0.4 is 4.90 Å². The molecule has 1 aromatic carbocycles. The smallest absolute Gasteiger partial charge is 0.251 e. The van der Waals surface area contributed by atoms with Gasteiger partial charge in [0.2, 0.25) is 11.8 Å². The molecule has 2 bridgehead atoms. The van der Waals surface area contributed by atoms with E-state index in [4.69, 9.17) is 0 Å². The SMILES string of the molecule is C=CCN(C)C(=O)[C@@H]1[C@H]2C(=O)N([C@@H](CO)[C@@H](C)CC)C(C(=O)N(CC=C)c3cc(C)ccc3C)C23S[C@@H]1CC3C. The molecule has 0 saturated carbocycles. The molecule has 3 heterocycles. The zero-order chi connectivity index (χ0) is 29.5. The van der Waals surface area contributed by atoms with Gasteiger partial charge in [-0.3, -0.25) is 14.4 Å². The number of amides is 3. The van der Waals surface area contributed by atoms with Crippen LogP contribution in [0.25, 0.3) is 0 Å². The fraction of sp³-hybridized carbons (Fsp3) is 0.594. The summed E-state index contributed by atoms with van der Waals surface area (Å²) in [5, 5.41) is 10.6. The summed E-state index contributed by atoms with van der Waals surface area (Å²) in [4.78, 5) is 48.5. The molecule has 0 aromatic heterocycles. The second-order valence-electron chi connectivity index (χ2n) is 12.0. The number of fused-ring (bicyclic) bond motifs is 1. The van der Waals surface area contributed by atoms with Crippen molar-refractivity contribution in [3.05, 3.63) is 54.6 Å². The third-order valence-electron chi connectivity index (χ3n) is 9.56. The number of thioether (sulfide) groups is 1. The van der Waals surface area contributed by atoms with Gasteiger partial charge in [0, 0.05) is 31.1 Å². The molecule has 3 saturated heterocycles. The summed E-state index contributed by atoms with van der Waals surface area (Å²) in [6, 6.07) is 4.70. The summed E-state index contributed by atoms with van der Waals surface area (Å²) in [7, 11) is 1.75. The number of anilines is 1. The van der Waals surface area contributed by atoms with Crippen molar-refractivity contribution in [2.75, 3.05) is 31.6 Å². The molecule has 1 aromatic rings. The lowest BCUT2D eigenvalue weighted by molar-refractivity contribution is -0.145. The molecular formula is C32H45N3O4S. The molecule has 7 nitrogen and oxygen atoms in total. The van der Waals surface area contributed by atoms with Gasteiger partial charge in [0.15, 0.2) is 0 Å². The molecule has 4 rings (SSSR count). The molecule has 8 heteroatoms. The average molecular weight is 568 g/mol. The molecule has 0 radical (unpaired) electrons. The van der Waals surface area contributed by atoms with Crippen molar-refractivity contribution < 1.29 is 19.5 Å². The van der Waals surface area contributed by atoms with Crippen LogP contribution >= 0.6 is 11.8 Å². The molecule has 3 unspecified atom stereocenters. The zero-order valence-corrected chi connectivity index (χ0v) is 25.6. The van der Waals surface area contributed by atoms with E-state index in [9.17, 15) is 19.5 Å². The Morgan fingerprint density at radius 2 is 1.90 bits per heavy atom. The number of likely N-dealkylation sites (tertiary alicyclic amines) is 1. The van der Waals surface area contributed by atoms with E-state index in [1.165, 1.54) is 0 Å². The highest BCUT2D eigenvalue weighted by molar-refractivity contribution is 8.02. The Morgan fingerprint density at radius 1 is 1.23 bits per heavy atom. The third kappa shape index (κ3) is 4.61. The highest BCUT2D eigenvalue weighted by Gasteiger charge is 2.77. The first kappa shape index (κ1) is 30.4. The van der Waals surface area contributed by atoms with Gasteiger partial charge in [0.05, 0.1) is 29.2 Å². The van der Waals surface area contributed by atoms with Crippen molar-refractivity contribution in [1.82, 2.24) is 9.80 Å². The van der Waals surface area contributed by atoms with Crippen LogP contribution in [0.15, 0.2) is 43.5 Å². The largest absolute Gasteiger partial charge is 0.394 e. The normalized spacial score (nSPS) is 30.1. The number of rotatable bonds is 11. The molecule has 3 fully saturated rings. The van der Waals surface area contributed by atoms with Gasteiger partial charge < -0.3 is 19.8 Å². The van der Waals surface area contributed by atoms with E-state index in [-0.39, 0.29) is 41.4 Å². The highest BCUT2D eigenvalue weighted by atomic mass is 32.2. The van der Waals surface area contributed by atoms with Crippen LogP contribution in [-0.4, -0.2) is 81.5 Å². The Labute approximate surface area is 243 Å². The van der Waals surface area contributed by atoms with Crippen LogP contribution in [-0.2, 0) is 14.4 Å². The zero-order valence-electron chi connectivity index (χ0n) is 24.8. The Hall–Kier alpha value is -2.58. The minimum Gasteiger partial charge on any atom is -0.394 e. The van der Waals surface area contributed by atoms with Gasteiger partial charge in [0.1, 0.15) is 6.04 Å². The van der Waals surface area contributed by atoms with Crippen LogP contribution in [0, 0.1) is 37.5 Å². The number of nitrogens with zero attached hydrogens (tertiary/aromatic N) is 3. The van der Waals surface area contributed by atoms with Crippen molar-refractivity contribution in [3.63, 3.8) is 0 Å². The fourth-order valence-corrected chi connectivity index (χ4v) is 9.72. The molecule has 8 atom stereocenters. The number of carbonyl (C=O) groups excluding carboxylic acids is 3. The Kier molecular flexibility index (Phi) is 8.91. The second-order valence-corrected chi connectivity index (χ2v) is 13.5. The van der Waals surface area contributed by atoms with Gasteiger partial charge in [-0.2, -0.15) is 0 Å². The van der Waals surface area contributed by atoms with Gasteiger partial charge in [-0.25, -0.2) is 0 Å². The molecule has 0 aliphatic carbocycles. The molecule has 1 N–H and O–H groups in total. The van der Waals surface area contributed by atoms with E-state index in [0.29, 0.717) is 13.1 Å². The van der Waals surface area contributed by atoms with Crippen molar-refractivity contribution in [3.8, 4) is 0 Å². The lowest BCUT2D eigenvalue weighted by atomic mass is 9.65. The van der Waals surface area contributed by atoms with Crippen LogP contribution in [0.5, 0.6) is 0 Å². The molecule has 1 spiro atoms. The molecule has 40 heavy (non-hydrogen) atoms. The van der Waals surface area contributed by atoms with Crippen LogP contribution in [0.1, 0.15) is 44.7 Å². The van der Waals surface area contributed by atoms with E-state index >= 15 is 0 Å². The van der Waals surface area contributed by atoms with Crippen molar-refractivity contribution in [2.24, 2.45) is 23.7 Å². The number of carbonyl (C=O) groups is 3. The minimum absolute atomic E-state index is 0.0249. The van der Waals surface area contributed by atoms with Gasteiger partial charge >= 0.3 is 0 Å². The van der Waals surface area contributed by atoms with Gasteiger partial charge in [-0.05, 0) is 49.3 Å². The molecule has 3 aliphatic heterocycles. The summed E-state index contributed by atoms with van der Waals surface area (Å²) in [6.45, 7) is 18.3. The van der Waals surface area contributed by atoms with Crippen molar-refractivity contribution in [2.45, 2.75) is 69.5 Å². The van der Waals surface area contributed by atoms with Crippen molar-refractivity contribution >= 4 is 35.2 Å². The standard InChI is InChI=1S/C32H45N3O4S/c1-9-14-33(8)29(37)26-25-17-22(7)32(40-25)27(26)30(38)35(24(18-36)20(5)11-3)28(32)31(39)34(15-10-2)23-16-19(4)12-13-21(23)6/h9-10,12-13,16,20,22,24-28,36H,1-2,11,14-15,17-18H2,3-8H3/t20-,22?,24-,25+,26-,27-,28?,32?/m0/s1. The van der Waals surface area contributed by atoms with E-state index in [0.717, 1.165) is 29.7 Å². The lowest BCUT2D eigenvalue weighted by Gasteiger charge is -2.43. The average Bonchev–Trinajstić information content (AvgIpc) is 3.52. The van der Waals surface area contributed by atoms with E-state index in [1.54, 1.807) is 45.7 Å². The summed E-state index contributed by atoms with van der Waals surface area (Å²) in [5.74, 6) is -1.53. The minimum atomic E-state index is -0.802. The summed E-state index contributed by atoms with van der Waals surface area (Å²) in [5.41, 5.74) is 2.79. The predicted molar refractivity (Wildman–Crippen MR) is 162 cm³/mol. The number of aliphatic hydroxyl groups excluding tert-OH is 1. The van der Waals surface area contributed by atoms with E-state index in [1.807, 2.05) is 45.9 Å². The molecule has 3 aliphatic rings. The Morgan fingerprint density at radius 3 is 2.50 bits per heavy atom. The fourth-order valence-electron chi connectivity index (χ4n) is 7.32. The summed E-state index contributed by atoms with van der Waals surface area (Å²) in [6.07, 6.45) is 4.92. The number of hydrogen-bond donors (Lipinski definition) is 1.